The zero-order valence-electron chi connectivity index (χ0n) is 10.3. The fraction of sp³-hybridized carbons (Fsp3) is 1.00. The summed E-state index contributed by atoms with van der Waals surface area (Å²) in [5.74, 6) is 0.172. The van der Waals surface area contributed by atoms with Gasteiger partial charge in [-0.3, -0.25) is 0 Å². The number of rotatable bonds is 5. The zero-order chi connectivity index (χ0) is 12.4. The van der Waals surface area contributed by atoms with E-state index in [2.05, 4.69) is 0 Å². The van der Waals surface area contributed by atoms with Gasteiger partial charge >= 0.3 is 0 Å². The Balaban J connectivity index is 2.65. The van der Waals surface area contributed by atoms with E-state index in [-0.39, 0.29) is 12.3 Å². The highest BCUT2D eigenvalue weighted by Crippen LogP contribution is 2.24. The molecule has 1 aliphatic heterocycles. The van der Waals surface area contributed by atoms with Crippen molar-refractivity contribution in [2.45, 2.75) is 25.4 Å². The number of likely N-dealkylation sites (N-methyl/N-ethyl adjacent to an activating group) is 1. The van der Waals surface area contributed by atoms with Gasteiger partial charge in [-0.05, 0) is 26.9 Å². The molecule has 6 heteroatoms. The van der Waals surface area contributed by atoms with Crippen molar-refractivity contribution in [2.75, 3.05) is 39.5 Å². The predicted octanol–water partition coefficient (Wildman–Crippen LogP) is -0.275. The molecule has 1 saturated heterocycles. The highest BCUT2D eigenvalue weighted by atomic mass is 32.2. The molecule has 5 nitrogen and oxygen atoms in total. The number of hydrogen-bond donors (Lipinski definition) is 1. The average molecular weight is 250 g/mol. The summed E-state index contributed by atoms with van der Waals surface area (Å²) in [5, 5.41) is 10.2. The molecule has 1 rings (SSSR count). The van der Waals surface area contributed by atoms with E-state index >= 15 is 0 Å². The Labute approximate surface area is 98.1 Å². The third-order valence-corrected chi connectivity index (χ3v) is 4.79. The highest BCUT2D eigenvalue weighted by Gasteiger charge is 2.40. The fourth-order valence-electron chi connectivity index (χ4n) is 2.16. The first kappa shape index (κ1) is 13.9. The number of hydrogen-bond acceptors (Lipinski definition) is 4. The van der Waals surface area contributed by atoms with E-state index in [1.807, 2.05) is 25.9 Å². The van der Waals surface area contributed by atoms with Gasteiger partial charge in [-0.25, -0.2) is 8.42 Å². The molecule has 1 aliphatic rings. The van der Waals surface area contributed by atoms with Gasteiger partial charge in [0, 0.05) is 19.6 Å². The summed E-state index contributed by atoms with van der Waals surface area (Å²) in [6, 6.07) is 0. The molecule has 0 spiro atoms. The smallest absolute Gasteiger partial charge is 0.214 e. The lowest BCUT2D eigenvalue weighted by molar-refractivity contribution is 0.0302. The van der Waals surface area contributed by atoms with Gasteiger partial charge in [0.1, 0.15) is 0 Å². The van der Waals surface area contributed by atoms with Crippen molar-refractivity contribution >= 4 is 10.0 Å². The van der Waals surface area contributed by atoms with Crippen LogP contribution in [0.2, 0.25) is 0 Å². The average Bonchev–Trinajstić information content (AvgIpc) is 2.46. The van der Waals surface area contributed by atoms with E-state index < -0.39 is 15.6 Å². The molecule has 0 bridgehead atoms. The van der Waals surface area contributed by atoms with Crippen LogP contribution in [-0.4, -0.2) is 67.8 Å². The van der Waals surface area contributed by atoms with E-state index in [4.69, 9.17) is 0 Å². The van der Waals surface area contributed by atoms with Crippen molar-refractivity contribution in [1.29, 1.82) is 0 Å². The topological polar surface area (TPSA) is 60.9 Å². The lowest BCUT2D eigenvalue weighted by Crippen LogP contribution is -2.43. The Morgan fingerprint density at radius 2 is 2.06 bits per heavy atom. The minimum absolute atomic E-state index is 0.172. The maximum Gasteiger partial charge on any atom is 0.214 e. The maximum atomic E-state index is 11.8. The van der Waals surface area contributed by atoms with E-state index in [9.17, 15) is 13.5 Å². The molecule has 0 aliphatic carbocycles. The van der Waals surface area contributed by atoms with Gasteiger partial charge in [0.25, 0.3) is 0 Å². The first-order chi connectivity index (χ1) is 7.29. The van der Waals surface area contributed by atoms with Gasteiger partial charge in [0.15, 0.2) is 0 Å². The molecule has 0 radical (unpaired) electrons. The second kappa shape index (κ2) is 5.00. The lowest BCUT2D eigenvalue weighted by Gasteiger charge is -2.26. The molecule has 0 unspecified atom stereocenters. The minimum Gasteiger partial charge on any atom is -0.387 e. The van der Waals surface area contributed by atoms with Gasteiger partial charge in [0.05, 0.1) is 11.4 Å². The Morgan fingerprint density at radius 1 is 1.44 bits per heavy atom. The molecule has 96 valence electrons. The monoisotopic (exact) mass is 250 g/mol. The molecular formula is C10H22N2O3S. The van der Waals surface area contributed by atoms with Crippen molar-refractivity contribution in [3.63, 3.8) is 0 Å². The largest absolute Gasteiger partial charge is 0.387 e. The molecule has 1 heterocycles. The zero-order valence-corrected chi connectivity index (χ0v) is 11.1. The molecule has 0 aromatic carbocycles. The van der Waals surface area contributed by atoms with Crippen LogP contribution in [0.1, 0.15) is 19.8 Å². The summed E-state index contributed by atoms with van der Waals surface area (Å²) in [6.45, 7) is 3.02. The molecule has 1 N–H and O–H groups in total. The quantitative estimate of drug-likeness (QED) is 0.729. The highest BCUT2D eigenvalue weighted by molar-refractivity contribution is 7.89. The van der Waals surface area contributed by atoms with Crippen molar-refractivity contribution in [2.24, 2.45) is 0 Å². The van der Waals surface area contributed by atoms with Crippen LogP contribution in [0.3, 0.4) is 0 Å². The predicted molar refractivity (Wildman–Crippen MR) is 63.8 cm³/mol. The first-order valence-electron chi connectivity index (χ1n) is 5.64. The number of nitrogens with zero attached hydrogens (tertiary/aromatic N) is 2. The van der Waals surface area contributed by atoms with Crippen molar-refractivity contribution < 1.29 is 13.5 Å². The molecule has 16 heavy (non-hydrogen) atoms. The molecule has 1 atom stereocenters. The van der Waals surface area contributed by atoms with Crippen molar-refractivity contribution in [1.82, 2.24) is 9.21 Å². The van der Waals surface area contributed by atoms with Crippen LogP contribution in [-0.2, 0) is 10.0 Å². The van der Waals surface area contributed by atoms with Gasteiger partial charge in [-0.15, -0.1) is 0 Å². The first-order valence-corrected chi connectivity index (χ1v) is 7.25. The molecular weight excluding hydrogens is 228 g/mol. The van der Waals surface area contributed by atoms with Crippen LogP contribution >= 0.6 is 0 Å². The second-order valence-electron chi connectivity index (χ2n) is 4.86. The van der Waals surface area contributed by atoms with E-state index in [1.54, 1.807) is 0 Å². The molecule has 0 amide bonds. The van der Waals surface area contributed by atoms with E-state index in [0.29, 0.717) is 25.9 Å². The molecule has 1 fully saturated rings. The Kier molecular flexibility index (Phi) is 4.34. The standard InChI is InChI=1S/C10H22N2O3S/c1-4-7-16(14,15)12-6-5-10(13,9-12)8-11(2)3/h13H,4-9H2,1-3H3/t10-/m1/s1. The van der Waals surface area contributed by atoms with Crippen LogP contribution in [0.15, 0.2) is 0 Å². The van der Waals surface area contributed by atoms with Crippen molar-refractivity contribution in [3.8, 4) is 0 Å². The Morgan fingerprint density at radius 3 is 2.56 bits per heavy atom. The third kappa shape index (κ3) is 3.41. The molecule has 0 aromatic rings. The summed E-state index contributed by atoms with van der Waals surface area (Å²) in [4.78, 5) is 1.88. The Hall–Kier alpha value is -0.170. The minimum atomic E-state index is -3.16. The van der Waals surface area contributed by atoms with Crippen LogP contribution < -0.4 is 0 Å². The van der Waals surface area contributed by atoms with Gasteiger partial charge in [-0.2, -0.15) is 4.31 Å². The summed E-state index contributed by atoms with van der Waals surface area (Å²) in [7, 11) is 0.590. The van der Waals surface area contributed by atoms with Gasteiger partial charge in [0.2, 0.25) is 10.0 Å². The van der Waals surface area contributed by atoms with Crippen molar-refractivity contribution in [3.05, 3.63) is 0 Å². The fourth-order valence-corrected chi connectivity index (χ4v) is 3.74. The Bertz CT molecular complexity index is 329. The molecule has 0 saturated carbocycles. The summed E-state index contributed by atoms with van der Waals surface area (Å²) < 4.78 is 25.0. The normalized spacial score (nSPS) is 27.8. The van der Waals surface area contributed by atoms with Crippen LogP contribution in [0.25, 0.3) is 0 Å². The summed E-state index contributed by atoms with van der Waals surface area (Å²) >= 11 is 0. The maximum absolute atomic E-state index is 11.8. The van der Waals surface area contributed by atoms with Crippen LogP contribution in [0, 0.1) is 0 Å². The van der Waals surface area contributed by atoms with E-state index in [1.165, 1.54) is 4.31 Å². The molecule has 0 aromatic heterocycles. The number of β-amino-alcohol motifs (C(OH)–C–C–N with tert-alkyl or cyclic N) is 1. The van der Waals surface area contributed by atoms with Crippen LogP contribution in [0.4, 0.5) is 0 Å². The lowest BCUT2D eigenvalue weighted by atomic mass is 10.0. The summed E-state index contributed by atoms with van der Waals surface area (Å²) in [5.41, 5.74) is -0.885. The third-order valence-electron chi connectivity index (χ3n) is 2.76. The summed E-state index contributed by atoms with van der Waals surface area (Å²) in [6.07, 6.45) is 1.14. The van der Waals surface area contributed by atoms with Crippen LogP contribution in [0.5, 0.6) is 0 Å². The SMILES string of the molecule is CCCS(=O)(=O)N1CC[C@@](O)(CN(C)C)C1. The van der Waals surface area contributed by atoms with Gasteiger partial charge < -0.3 is 10.0 Å². The van der Waals surface area contributed by atoms with E-state index in [0.717, 1.165) is 0 Å². The second-order valence-corrected chi connectivity index (χ2v) is 6.95. The number of aliphatic hydroxyl groups is 1. The number of sulfonamides is 1. The van der Waals surface area contributed by atoms with Gasteiger partial charge in [-0.1, -0.05) is 6.92 Å².